The van der Waals surface area contributed by atoms with Gasteiger partial charge in [-0.15, -0.1) is 0 Å². The van der Waals surface area contributed by atoms with Gasteiger partial charge in [0.1, 0.15) is 11.0 Å². The van der Waals surface area contributed by atoms with Crippen LogP contribution in [0.5, 0.6) is 0 Å². The second kappa shape index (κ2) is 7.64. The molecule has 4 aromatic rings. The SMILES string of the molecule is CCC(=O)Nc1nc(-c2ccc(CC)cc2)nc2c1c(=O)oc1ccc(Cl)cc12. The fourth-order valence-corrected chi connectivity index (χ4v) is 3.28. The maximum absolute atomic E-state index is 12.7. The summed E-state index contributed by atoms with van der Waals surface area (Å²) in [6, 6.07) is 12.8. The minimum Gasteiger partial charge on any atom is -0.422 e. The van der Waals surface area contributed by atoms with Crippen molar-refractivity contribution >= 4 is 45.2 Å². The van der Waals surface area contributed by atoms with Gasteiger partial charge in [0.05, 0.1) is 5.52 Å². The number of carbonyl (C=O) groups excluding carboxylic acids is 1. The normalized spacial score (nSPS) is 11.1. The zero-order valence-corrected chi connectivity index (χ0v) is 16.7. The fraction of sp³-hybridized carbons (Fsp3) is 0.182. The molecule has 29 heavy (non-hydrogen) atoms. The Labute approximate surface area is 171 Å². The first kappa shape index (κ1) is 19.1. The molecular formula is C22H18ClN3O3. The minimum atomic E-state index is -0.617. The van der Waals surface area contributed by atoms with Crippen LogP contribution in [-0.2, 0) is 11.2 Å². The van der Waals surface area contributed by atoms with Crippen LogP contribution < -0.4 is 10.9 Å². The summed E-state index contributed by atoms with van der Waals surface area (Å²) in [6.45, 7) is 3.80. The lowest BCUT2D eigenvalue weighted by Gasteiger charge is -2.11. The van der Waals surface area contributed by atoms with Gasteiger partial charge in [-0.3, -0.25) is 4.79 Å². The Morgan fingerprint density at radius 2 is 1.86 bits per heavy atom. The molecule has 0 unspecified atom stereocenters. The standard InChI is InChI=1S/C22H18ClN3O3/c1-3-12-5-7-13(8-6-12)20-25-19-15-11-14(23)9-10-16(15)29-22(28)18(19)21(26-20)24-17(27)4-2/h5-11H,3-4H2,1-2H3,(H,24,25,26,27). The quantitative estimate of drug-likeness (QED) is 0.381. The molecular weight excluding hydrogens is 390 g/mol. The molecule has 0 atom stereocenters. The molecule has 0 saturated heterocycles. The monoisotopic (exact) mass is 407 g/mol. The van der Waals surface area contributed by atoms with Gasteiger partial charge in [0.2, 0.25) is 5.91 Å². The second-order valence-electron chi connectivity index (χ2n) is 6.60. The van der Waals surface area contributed by atoms with Crippen LogP contribution in [0, 0.1) is 0 Å². The molecule has 146 valence electrons. The lowest BCUT2D eigenvalue weighted by molar-refractivity contribution is -0.115. The lowest BCUT2D eigenvalue weighted by atomic mass is 10.1. The van der Waals surface area contributed by atoms with E-state index in [2.05, 4.69) is 22.2 Å². The number of amides is 1. The summed E-state index contributed by atoms with van der Waals surface area (Å²) in [5, 5.41) is 3.89. The third-order valence-electron chi connectivity index (χ3n) is 4.71. The number of aromatic nitrogens is 2. The molecule has 7 heteroatoms. The Hall–Kier alpha value is -3.25. The summed E-state index contributed by atoms with van der Waals surface area (Å²) >= 11 is 6.16. The van der Waals surface area contributed by atoms with Gasteiger partial charge in [0.15, 0.2) is 11.6 Å². The zero-order valence-electron chi connectivity index (χ0n) is 16.0. The van der Waals surface area contributed by atoms with Crippen molar-refractivity contribution in [2.75, 3.05) is 5.32 Å². The van der Waals surface area contributed by atoms with Gasteiger partial charge in [-0.2, -0.15) is 0 Å². The highest BCUT2D eigenvalue weighted by molar-refractivity contribution is 6.31. The molecule has 4 rings (SSSR count). The molecule has 2 aromatic carbocycles. The Balaban J connectivity index is 2.06. The van der Waals surface area contributed by atoms with Crippen LogP contribution in [0.2, 0.25) is 5.02 Å². The summed E-state index contributed by atoms with van der Waals surface area (Å²) in [5.74, 6) is 0.272. The highest BCUT2D eigenvalue weighted by Crippen LogP contribution is 2.30. The van der Waals surface area contributed by atoms with Crippen molar-refractivity contribution in [3.63, 3.8) is 0 Å². The fourth-order valence-electron chi connectivity index (χ4n) is 3.11. The van der Waals surface area contributed by atoms with Gasteiger partial charge in [0.25, 0.3) is 0 Å². The van der Waals surface area contributed by atoms with Crippen molar-refractivity contribution in [1.29, 1.82) is 0 Å². The molecule has 0 spiro atoms. The van der Waals surface area contributed by atoms with Crippen LogP contribution in [-0.4, -0.2) is 15.9 Å². The number of halogens is 1. The van der Waals surface area contributed by atoms with Gasteiger partial charge in [-0.1, -0.05) is 49.7 Å². The van der Waals surface area contributed by atoms with Crippen molar-refractivity contribution in [2.45, 2.75) is 26.7 Å². The van der Waals surface area contributed by atoms with Crippen LogP contribution in [0.1, 0.15) is 25.8 Å². The van der Waals surface area contributed by atoms with E-state index in [4.69, 9.17) is 16.0 Å². The zero-order chi connectivity index (χ0) is 20.5. The largest absolute Gasteiger partial charge is 0.422 e. The third kappa shape index (κ3) is 3.59. The van der Waals surface area contributed by atoms with Crippen LogP contribution in [0.25, 0.3) is 33.3 Å². The predicted octanol–water partition coefficient (Wildman–Crippen LogP) is 4.97. The van der Waals surface area contributed by atoms with Crippen molar-refractivity contribution < 1.29 is 9.21 Å². The van der Waals surface area contributed by atoms with E-state index in [1.165, 1.54) is 5.56 Å². The molecule has 1 amide bonds. The first-order chi connectivity index (χ1) is 14.0. The summed E-state index contributed by atoms with van der Waals surface area (Å²) in [4.78, 5) is 33.8. The number of hydrogen-bond acceptors (Lipinski definition) is 5. The molecule has 0 saturated carbocycles. The number of fused-ring (bicyclic) bond motifs is 3. The Morgan fingerprint density at radius 3 is 2.55 bits per heavy atom. The first-order valence-electron chi connectivity index (χ1n) is 9.33. The van der Waals surface area contributed by atoms with Gasteiger partial charge in [-0.25, -0.2) is 14.8 Å². The van der Waals surface area contributed by atoms with E-state index in [0.29, 0.717) is 27.3 Å². The van der Waals surface area contributed by atoms with E-state index >= 15 is 0 Å². The van der Waals surface area contributed by atoms with Crippen molar-refractivity contribution in [1.82, 2.24) is 9.97 Å². The summed E-state index contributed by atoms with van der Waals surface area (Å²) in [5.41, 5.74) is 2.10. The number of nitrogens with zero attached hydrogens (tertiary/aromatic N) is 2. The predicted molar refractivity (Wildman–Crippen MR) is 114 cm³/mol. The smallest absolute Gasteiger partial charge is 0.349 e. The molecule has 0 radical (unpaired) electrons. The lowest BCUT2D eigenvalue weighted by Crippen LogP contribution is -2.15. The molecule has 2 aromatic heterocycles. The Kier molecular flexibility index (Phi) is 5.03. The van der Waals surface area contributed by atoms with E-state index < -0.39 is 5.63 Å². The third-order valence-corrected chi connectivity index (χ3v) is 4.95. The maximum Gasteiger partial charge on any atom is 0.349 e. The summed E-state index contributed by atoms with van der Waals surface area (Å²) in [7, 11) is 0. The Morgan fingerprint density at radius 1 is 1.10 bits per heavy atom. The van der Waals surface area contributed by atoms with Gasteiger partial charge in [0, 0.05) is 22.4 Å². The van der Waals surface area contributed by atoms with Crippen LogP contribution in [0.15, 0.2) is 51.7 Å². The molecule has 2 heterocycles. The van der Waals surface area contributed by atoms with E-state index in [9.17, 15) is 9.59 Å². The average molecular weight is 408 g/mol. The Bertz CT molecular complexity index is 1300. The van der Waals surface area contributed by atoms with Crippen molar-refractivity contribution in [3.8, 4) is 11.4 Å². The molecule has 0 aliphatic carbocycles. The molecule has 0 aliphatic rings. The minimum absolute atomic E-state index is 0.121. The number of benzene rings is 2. The number of aryl methyl sites for hydroxylation is 1. The van der Waals surface area contributed by atoms with Crippen LogP contribution in [0.4, 0.5) is 5.82 Å². The molecule has 1 N–H and O–H groups in total. The van der Waals surface area contributed by atoms with Crippen LogP contribution in [0.3, 0.4) is 0 Å². The van der Waals surface area contributed by atoms with Gasteiger partial charge >= 0.3 is 5.63 Å². The number of hydrogen-bond donors (Lipinski definition) is 1. The summed E-state index contributed by atoms with van der Waals surface area (Å²) < 4.78 is 5.42. The molecule has 0 fully saturated rings. The number of carbonyl (C=O) groups is 1. The molecule has 0 aliphatic heterocycles. The van der Waals surface area contributed by atoms with Crippen LogP contribution >= 0.6 is 11.6 Å². The topological polar surface area (TPSA) is 85.1 Å². The first-order valence-corrected chi connectivity index (χ1v) is 9.71. The number of rotatable bonds is 4. The van der Waals surface area contributed by atoms with Gasteiger partial charge < -0.3 is 9.73 Å². The summed E-state index contributed by atoms with van der Waals surface area (Å²) in [6.07, 6.45) is 1.16. The molecule has 6 nitrogen and oxygen atoms in total. The van der Waals surface area contributed by atoms with E-state index in [0.717, 1.165) is 12.0 Å². The number of anilines is 1. The number of nitrogens with one attached hydrogen (secondary N) is 1. The van der Waals surface area contributed by atoms with E-state index in [-0.39, 0.29) is 23.5 Å². The van der Waals surface area contributed by atoms with Crippen molar-refractivity contribution in [3.05, 3.63) is 63.5 Å². The van der Waals surface area contributed by atoms with Gasteiger partial charge in [-0.05, 0) is 30.2 Å². The average Bonchev–Trinajstić information content (AvgIpc) is 2.74. The second-order valence-corrected chi connectivity index (χ2v) is 7.04. The van der Waals surface area contributed by atoms with E-state index in [1.54, 1.807) is 25.1 Å². The van der Waals surface area contributed by atoms with Crippen molar-refractivity contribution in [2.24, 2.45) is 0 Å². The highest BCUT2D eigenvalue weighted by Gasteiger charge is 2.18. The van der Waals surface area contributed by atoms with E-state index in [1.807, 2.05) is 24.3 Å². The maximum atomic E-state index is 12.7. The highest BCUT2D eigenvalue weighted by atomic mass is 35.5. The molecule has 0 bridgehead atoms.